The van der Waals surface area contributed by atoms with E-state index in [0.29, 0.717) is 22.8 Å². The highest BCUT2D eigenvalue weighted by Gasteiger charge is 2.56. The highest BCUT2D eigenvalue weighted by molar-refractivity contribution is 5.82. The van der Waals surface area contributed by atoms with E-state index in [1.807, 2.05) is 18.4 Å². The van der Waals surface area contributed by atoms with Crippen LogP contribution in [0.1, 0.15) is 51.3 Å². The molecule has 6 rings (SSSR count). The third kappa shape index (κ3) is 3.82. The SMILES string of the molecule is CC1(C)O[C@@H]2[C@H](O1)[C@@H](C#Cc1ccccc1F)O[C@H]2n1cnc2c(NC3CCCC3)ncnc21. The lowest BCUT2D eigenvalue weighted by Crippen LogP contribution is -2.28. The molecule has 9 heteroatoms. The number of hydrogen-bond acceptors (Lipinski definition) is 7. The van der Waals surface area contributed by atoms with Crippen LogP contribution >= 0.6 is 0 Å². The summed E-state index contributed by atoms with van der Waals surface area (Å²) in [6, 6.07) is 6.82. The molecule has 1 aromatic carbocycles. The smallest absolute Gasteiger partial charge is 0.167 e. The van der Waals surface area contributed by atoms with Gasteiger partial charge in [-0.05, 0) is 38.8 Å². The third-order valence-electron chi connectivity index (χ3n) is 6.58. The Morgan fingerprint density at radius 1 is 1.09 bits per heavy atom. The molecule has 8 nitrogen and oxygen atoms in total. The van der Waals surface area contributed by atoms with Gasteiger partial charge in [-0.1, -0.05) is 36.8 Å². The van der Waals surface area contributed by atoms with E-state index in [1.165, 1.54) is 25.2 Å². The van der Waals surface area contributed by atoms with Crippen molar-refractivity contribution >= 4 is 17.0 Å². The Balaban J connectivity index is 1.33. The van der Waals surface area contributed by atoms with Gasteiger partial charge in [0.25, 0.3) is 0 Å². The quantitative estimate of drug-likeness (QED) is 0.592. The first-order valence-corrected chi connectivity index (χ1v) is 11.7. The molecule has 34 heavy (non-hydrogen) atoms. The van der Waals surface area contributed by atoms with Crippen molar-refractivity contribution in [2.24, 2.45) is 0 Å². The molecular formula is C25H26FN5O3. The lowest BCUT2D eigenvalue weighted by molar-refractivity contribution is -0.190. The van der Waals surface area contributed by atoms with E-state index in [9.17, 15) is 4.39 Å². The first-order valence-electron chi connectivity index (χ1n) is 11.7. The van der Waals surface area contributed by atoms with E-state index < -0.39 is 30.3 Å². The normalized spacial score (nSPS) is 28.1. The van der Waals surface area contributed by atoms with Crippen molar-refractivity contribution in [1.29, 1.82) is 0 Å². The van der Waals surface area contributed by atoms with E-state index in [1.54, 1.807) is 24.5 Å². The molecule has 0 radical (unpaired) electrons. The number of fused-ring (bicyclic) bond motifs is 2. The molecule has 4 heterocycles. The molecule has 0 amide bonds. The van der Waals surface area contributed by atoms with Gasteiger partial charge in [-0.15, -0.1) is 0 Å². The second kappa shape index (κ2) is 8.31. The molecule has 0 unspecified atom stereocenters. The van der Waals surface area contributed by atoms with Gasteiger partial charge < -0.3 is 19.5 Å². The Kier molecular flexibility index (Phi) is 5.25. The maximum atomic E-state index is 14.1. The molecule has 3 aliphatic rings. The molecular weight excluding hydrogens is 437 g/mol. The van der Waals surface area contributed by atoms with Gasteiger partial charge in [-0.3, -0.25) is 4.57 Å². The number of nitrogens with one attached hydrogen (secondary N) is 1. The Morgan fingerprint density at radius 3 is 2.71 bits per heavy atom. The van der Waals surface area contributed by atoms with Crippen molar-refractivity contribution in [3.8, 4) is 11.8 Å². The maximum Gasteiger partial charge on any atom is 0.167 e. The molecule has 0 spiro atoms. The molecule has 1 aliphatic carbocycles. The van der Waals surface area contributed by atoms with E-state index >= 15 is 0 Å². The van der Waals surface area contributed by atoms with Gasteiger partial charge >= 0.3 is 0 Å². The fourth-order valence-corrected chi connectivity index (χ4v) is 5.04. The predicted octanol–water partition coefficient (Wildman–Crippen LogP) is 3.79. The topological polar surface area (TPSA) is 83.3 Å². The largest absolute Gasteiger partial charge is 0.365 e. The number of ether oxygens (including phenoxy) is 3. The molecule has 176 valence electrons. The number of aromatic nitrogens is 4. The van der Waals surface area contributed by atoms with Gasteiger partial charge in [-0.25, -0.2) is 19.3 Å². The van der Waals surface area contributed by atoms with Crippen molar-refractivity contribution in [3.63, 3.8) is 0 Å². The van der Waals surface area contributed by atoms with Crippen LogP contribution in [-0.4, -0.2) is 49.7 Å². The van der Waals surface area contributed by atoms with Gasteiger partial charge in [0.05, 0.1) is 11.9 Å². The Morgan fingerprint density at radius 2 is 1.88 bits per heavy atom. The molecule has 3 aromatic rings. The van der Waals surface area contributed by atoms with Crippen LogP contribution < -0.4 is 5.32 Å². The summed E-state index contributed by atoms with van der Waals surface area (Å²) in [5, 5.41) is 3.52. The van der Waals surface area contributed by atoms with Crippen molar-refractivity contribution in [2.45, 2.75) is 75.9 Å². The van der Waals surface area contributed by atoms with Gasteiger partial charge in [0, 0.05) is 6.04 Å². The number of anilines is 1. The second-order valence-electron chi connectivity index (χ2n) is 9.43. The summed E-state index contributed by atoms with van der Waals surface area (Å²) < 4.78 is 34.6. The minimum absolute atomic E-state index is 0.313. The predicted molar refractivity (Wildman–Crippen MR) is 122 cm³/mol. The van der Waals surface area contributed by atoms with E-state index in [2.05, 4.69) is 32.1 Å². The van der Waals surface area contributed by atoms with Crippen LogP contribution in [0.25, 0.3) is 11.2 Å². The molecule has 2 saturated heterocycles. The Hall–Kier alpha value is -3.06. The van der Waals surface area contributed by atoms with Crippen LogP contribution in [-0.2, 0) is 14.2 Å². The second-order valence-corrected chi connectivity index (χ2v) is 9.43. The van der Waals surface area contributed by atoms with Gasteiger partial charge in [0.1, 0.15) is 30.5 Å². The Labute approximate surface area is 196 Å². The van der Waals surface area contributed by atoms with Crippen molar-refractivity contribution in [2.75, 3.05) is 5.32 Å². The van der Waals surface area contributed by atoms with Gasteiger partial charge in [0.15, 0.2) is 29.0 Å². The zero-order valence-electron chi connectivity index (χ0n) is 19.1. The summed E-state index contributed by atoms with van der Waals surface area (Å²) >= 11 is 0. The zero-order valence-corrected chi connectivity index (χ0v) is 19.1. The lowest BCUT2D eigenvalue weighted by Gasteiger charge is -2.23. The number of halogens is 1. The monoisotopic (exact) mass is 463 g/mol. The highest BCUT2D eigenvalue weighted by atomic mass is 19.1. The highest BCUT2D eigenvalue weighted by Crippen LogP contribution is 2.43. The fourth-order valence-electron chi connectivity index (χ4n) is 5.04. The minimum atomic E-state index is -0.796. The number of benzene rings is 1. The number of imidazole rings is 1. The lowest BCUT2D eigenvalue weighted by atomic mass is 10.1. The van der Waals surface area contributed by atoms with Crippen LogP contribution in [0.15, 0.2) is 36.9 Å². The average molecular weight is 464 g/mol. The van der Waals surface area contributed by atoms with Crippen molar-refractivity contribution in [1.82, 2.24) is 19.5 Å². The summed E-state index contributed by atoms with van der Waals surface area (Å²) in [4.78, 5) is 13.5. The summed E-state index contributed by atoms with van der Waals surface area (Å²) in [6.07, 6.45) is 5.93. The van der Waals surface area contributed by atoms with Crippen LogP contribution in [0, 0.1) is 17.7 Å². The van der Waals surface area contributed by atoms with Crippen LogP contribution in [0.5, 0.6) is 0 Å². The van der Waals surface area contributed by atoms with Crippen LogP contribution in [0.2, 0.25) is 0 Å². The number of nitrogens with zero attached hydrogens (tertiary/aromatic N) is 4. The van der Waals surface area contributed by atoms with Crippen LogP contribution in [0.3, 0.4) is 0 Å². The third-order valence-corrected chi connectivity index (χ3v) is 6.58. The number of rotatable bonds is 3. The maximum absolute atomic E-state index is 14.1. The standard InChI is InChI=1S/C25H26FN5O3/c1-25(2)33-20-18(12-11-15-7-3-6-10-17(15)26)32-24(21(20)34-25)31-14-29-19-22(27-13-28-23(19)31)30-16-8-4-5-9-16/h3,6-7,10,13-14,16,18,20-21,24H,4-5,8-9H2,1-2H3,(H,27,28,30)/t18-,20-,21-,24-/m1/s1. The van der Waals surface area contributed by atoms with E-state index in [0.717, 1.165) is 18.7 Å². The molecule has 1 N–H and O–H groups in total. The minimum Gasteiger partial charge on any atom is -0.365 e. The van der Waals surface area contributed by atoms with E-state index in [4.69, 9.17) is 14.2 Å². The van der Waals surface area contributed by atoms with Crippen molar-refractivity contribution < 1.29 is 18.6 Å². The Bertz CT molecular complexity index is 1280. The average Bonchev–Trinajstić information content (AvgIpc) is 3.58. The molecule has 1 saturated carbocycles. The summed E-state index contributed by atoms with van der Waals surface area (Å²) in [5.41, 5.74) is 1.65. The molecule has 3 fully saturated rings. The van der Waals surface area contributed by atoms with E-state index in [-0.39, 0.29) is 5.82 Å². The molecule has 2 aromatic heterocycles. The van der Waals surface area contributed by atoms with Crippen LogP contribution in [0.4, 0.5) is 10.2 Å². The summed E-state index contributed by atoms with van der Waals surface area (Å²) in [6.45, 7) is 3.73. The summed E-state index contributed by atoms with van der Waals surface area (Å²) in [5.74, 6) is 5.51. The molecule has 4 atom stereocenters. The fraction of sp³-hybridized carbons (Fsp3) is 0.480. The van der Waals surface area contributed by atoms with Gasteiger partial charge in [0.2, 0.25) is 0 Å². The first-order chi connectivity index (χ1) is 16.5. The van der Waals surface area contributed by atoms with Gasteiger partial charge in [-0.2, -0.15) is 0 Å². The van der Waals surface area contributed by atoms with Crippen molar-refractivity contribution in [3.05, 3.63) is 48.3 Å². The zero-order chi connectivity index (χ0) is 23.3. The summed E-state index contributed by atoms with van der Waals surface area (Å²) in [7, 11) is 0. The number of hydrogen-bond donors (Lipinski definition) is 1. The first kappa shape index (κ1) is 21.5. The molecule has 0 bridgehead atoms. The molecule has 2 aliphatic heterocycles.